The molecule has 2 aliphatic rings. The van der Waals surface area contributed by atoms with E-state index in [1.807, 2.05) is 23.1 Å². The van der Waals surface area contributed by atoms with E-state index in [0.29, 0.717) is 19.8 Å². The zero-order chi connectivity index (χ0) is 19.8. The number of rotatable bonds is 3. The fourth-order valence-corrected chi connectivity index (χ4v) is 4.58. The third-order valence-electron chi connectivity index (χ3n) is 6.04. The zero-order valence-electron chi connectivity index (χ0n) is 16.8. The van der Waals surface area contributed by atoms with Gasteiger partial charge >= 0.3 is 0 Å². The second-order valence-corrected chi connectivity index (χ2v) is 7.93. The van der Waals surface area contributed by atoms with E-state index < -0.39 is 0 Å². The van der Waals surface area contributed by atoms with Crippen LogP contribution in [0.2, 0.25) is 0 Å². The van der Waals surface area contributed by atoms with Crippen LogP contribution in [0, 0.1) is 6.92 Å². The molecule has 5 nitrogen and oxygen atoms in total. The van der Waals surface area contributed by atoms with Crippen molar-refractivity contribution in [2.24, 2.45) is 0 Å². The van der Waals surface area contributed by atoms with Gasteiger partial charge in [0.25, 0.3) is 0 Å². The number of aromatic nitrogens is 1. The van der Waals surface area contributed by atoms with Crippen LogP contribution in [0.15, 0.2) is 48.5 Å². The molecule has 0 N–H and O–H groups in total. The van der Waals surface area contributed by atoms with Crippen LogP contribution in [0.4, 0.5) is 0 Å². The second-order valence-electron chi connectivity index (χ2n) is 7.93. The van der Waals surface area contributed by atoms with Crippen molar-refractivity contribution in [3.63, 3.8) is 0 Å². The van der Waals surface area contributed by atoms with Crippen LogP contribution in [0.5, 0.6) is 11.5 Å². The highest BCUT2D eigenvalue weighted by atomic mass is 16.5. The molecule has 1 aromatic heterocycles. The van der Waals surface area contributed by atoms with Crippen molar-refractivity contribution in [2.45, 2.75) is 38.8 Å². The monoisotopic (exact) mass is 390 g/mol. The van der Waals surface area contributed by atoms with Crippen molar-refractivity contribution < 1.29 is 14.3 Å². The number of carbonyl (C=O) groups is 1. The number of carbonyl (C=O) groups excluding carboxylic acids is 1. The van der Waals surface area contributed by atoms with Crippen molar-refractivity contribution in [3.8, 4) is 11.5 Å². The lowest BCUT2D eigenvalue weighted by Crippen LogP contribution is -2.33. The number of hydrogen-bond acceptors (Lipinski definition) is 3. The minimum Gasteiger partial charge on any atom is -0.490 e. The summed E-state index contributed by atoms with van der Waals surface area (Å²) in [4.78, 5) is 15.3. The first-order valence-corrected chi connectivity index (χ1v) is 10.4. The first-order chi connectivity index (χ1) is 14.2. The summed E-state index contributed by atoms with van der Waals surface area (Å²) >= 11 is 0. The number of hydrogen-bond donors (Lipinski definition) is 0. The Kier molecular flexibility index (Phi) is 4.66. The van der Waals surface area contributed by atoms with Crippen LogP contribution >= 0.6 is 0 Å². The minimum atomic E-state index is 0.0989. The maximum absolute atomic E-state index is 13.3. The van der Waals surface area contributed by atoms with Crippen LogP contribution in [-0.2, 0) is 11.3 Å². The first kappa shape index (κ1) is 18.1. The largest absolute Gasteiger partial charge is 0.490 e. The van der Waals surface area contributed by atoms with Crippen molar-refractivity contribution in [1.29, 1.82) is 0 Å². The van der Waals surface area contributed by atoms with Gasteiger partial charge in [-0.1, -0.05) is 24.3 Å². The Hall–Kier alpha value is -2.95. The molecular weight excluding hydrogens is 364 g/mol. The molecule has 0 saturated carbocycles. The Bertz CT molecular complexity index is 1060. The summed E-state index contributed by atoms with van der Waals surface area (Å²) < 4.78 is 13.7. The number of ether oxygens (including phenoxy) is 2. The van der Waals surface area contributed by atoms with E-state index in [-0.39, 0.29) is 11.9 Å². The molecule has 150 valence electrons. The van der Waals surface area contributed by atoms with Crippen molar-refractivity contribution >= 4 is 16.8 Å². The maximum Gasteiger partial charge on any atom is 0.243 e. The van der Waals surface area contributed by atoms with Gasteiger partial charge in [-0.2, -0.15) is 0 Å². The molecule has 0 unspecified atom stereocenters. The Morgan fingerprint density at radius 2 is 1.86 bits per heavy atom. The topological polar surface area (TPSA) is 43.7 Å². The summed E-state index contributed by atoms with van der Waals surface area (Å²) in [6, 6.07) is 16.6. The quantitative estimate of drug-likeness (QED) is 0.663. The van der Waals surface area contributed by atoms with Gasteiger partial charge in [-0.3, -0.25) is 4.79 Å². The van der Waals surface area contributed by atoms with Gasteiger partial charge in [0, 0.05) is 24.2 Å². The van der Waals surface area contributed by atoms with Crippen LogP contribution in [0.1, 0.15) is 36.6 Å². The molecule has 5 rings (SSSR count). The molecule has 0 aliphatic carbocycles. The van der Waals surface area contributed by atoms with E-state index >= 15 is 0 Å². The minimum absolute atomic E-state index is 0.0989. The summed E-state index contributed by atoms with van der Waals surface area (Å²) in [6.07, 6.45) is 2.90. The molecule has 0 spiro atoms. The molecule has 0 bridgehead atoms. The number of fused-ring (bicyclic) bond motifs is 2. The molecule has 1 saturated heterocycles. The lowest BCUT2D eigenvalue weighted by atomic mass is 10.0. The molecule has 2 aliphatic heterocycles. The summed E-state index contributed by atoms with van der Waals surface area (Å²) in [5, 5.41) is 1.18. The summed E-state index contributed by atoms with van der Waals surface area (Å²) in [5.74, 6) is 1.77. The summed E-state index contributed by atoms with van der Waals surface area (Å²) in [6.45, 7) is 4.60. The molecule has 3 heterocycles. The number of nitrogens with zero attached hydrogens (tertiary/aromatic N) is 2. The number of amides is 1. The van der Waals surface area contributed by atoms with E-state index in [4.69, 9.17) is 9.47 Å². The van der Waals surface area contributed by atoms with Crippen molar-refractivity contribution in [2.75, 3.05) is 19.8 Å². The molecule has 0 radical (unpaired) electrons. The number of para-hydroxylation sites is 1. The molecule has 1 amide bonds. The molecule has 2 aromatic carbocycles. The standard InChI is InChI=1S/C24H26N2O3/c1-17-14-18-6-2-3-7-21(18)26(17)16-24(27)25-11-4-8-20(25)19-9-10-22-23(15-19)29-13-5-12-28-22/h2-3,6-7,9-10,14-15,20H,4-5,8,11-13,16H2,1H3/t20-/m1/s1. The summed E-state index contributed by atoms with van der Waals surface area (Å²) in [7, 11) is 0. The highest BCUT2D eigenvalue weighted by Gasteiger charge is 2.31. The Morgan fingerprint density at radius 1 is 1.03 bits per heavy atom. The van der Waals surface area contributed by atoms with E-state index in [1.165, 1.54) is 5.39 Å². The highest BCUT2D eigenvalue weighted by Crippen LogP contribution is 2.38. The average molecular weight is 390 g/mol. The molecule has 3 aromatic rings. The van der Waals surface area contributed by atoms with E-state index in [1.54, 1.807) is 0 Å². The van der Waals surface area contributed by atoms with Gasteiger partial charge in [0.2, 0.25) is 5.91 Å². The fourth-order valence-electron chi connectivity index (χ4n) is 4.58. The lowest BCUT2D eigenvalue weighted by molar-refractivity contribution is -0.132. The number of aryl methyl sites for hydroxylation is 1. The van der Waals surface area contributed by atoms with E-state index in [2.05, 4.69) is 41.8 Å². The molecule has 1 fully saturated rings. The van der Waals surface area contributed by atoms with Gasteiger partial charge in [-0.25, -0.2) is 0 Å². The van der Waals surface area contributed by atoms with Crippen molar-refractivity contribution in [1.82, 2.24) is 9.47 Å². The van der Waals surface area contributed by atoms with Gasteiger partial charge in [0.1, 0.15) is 6.54 Å². The smallest absolute Gasteiger partial charge is 0.243 e. The van der Waals surface area contributed by atoms with Crippen LogP contribution in [-0.4, -0.2) is 35.1 Å². The van der Waals surface area contributed by atoms with Gasteiger partial charge in [-0.05, 0) is 55.0 Å². The predicted molar refractivity (Wildman–Crippen MR) is 112 cm³/mol. The van der Waals surface area contributed by atoms with Crippen LogP contribution in [0.25, 0.3) is 10.9 Å². The molecular formula is C24H26N2O3. The third kappa shape index (κ3) is 3.35. The molecule has 29 heavy (non-hydrogen) atoms. The lowest BCUT2D eigenvalue weighted by Gasteiger charge is -2.26. The first-order valence-electron chi connectivity index (χ1n) is 10.4. The second kappa shape index (κ2) is 7.47. The predicted octanol–water partition coefficient (Wildman–Crippen LogP) is 4.47. The number of benzene rings is 2. The SMILES string of the molecule is Cc1cc2ccccc2n1CC(=O)N1CCC[C@@H]1c1ccc2c(c1)OCCCO2. The highest BCUT2D eigenvalue weighted by molar-refractivity contribution is 5.84. The molecule has 1 atom stereocenters. The van der Waals surface area contributed by atoms with Gasteiger partial charge in [0.05, 0.1) is 19.3 Å². The van der Waals surface area contributed by atoms with Gasteiger partial charge in [0.15, 0.2) is 11.5 Å². The van der Waals surface area contributed by atoms with Crippen LogP contribution < -0.4 is 9.47 Å². The molecule has 5 heteroatoms. The fraction of sp³-hybridized carbons (Fsp3) is 0.375. The average Bonchev–Trinajstić information content (AvgIpc) is 3.26. The van der Waals surface area contributed by atoms with Crippen LogP contribution in [0.3, 0.4) is 0 Å². The Morgan fingerprint density at radius 3 is 2.76 bits per heavy atom. The number of likely N-dealkylation sites (tertiary alicyclic amines) is 1. The Balaban J connectivity index is 1.40. The van der Waals surface area contributed by atoms with Gasteiger partial charge < -0.3 is 18.9 Å². The maximum atomic E-state index is 13.3. The van der Waals surface area contributed by atoms with E-state index in [0.717, 1.165) is 54.1 Å². The zero-order valence-corrected chi connectivity index (χ0v) is 16.8. The Labute approximate surface area is 170 Å². The third-order valence-corrected chi connectivity index (χ3v) is 6.04. The summed E-state index contributed by atoms with van der Waals surface area (Å²) in [5.41, 5.74) is 3.37. The normalized spacial score (nSPS) is 18.8. The van der Waals surface area contributed by atoms with Gasteiger partial charge in [-0.15, -0.1) is 0 Å². The van der Waals surface area contributed by atoms with Crippen molar-refractivity contribution in [3.05, 3.63) is 59.8 Å². The van der Waals surface area contributed by atoms with E-state index in [9.17, 15) is 4.79 Å².